The lowest BCUT2D eigenvalue weighted by atomic mass is 9.49. The molecule has 0 radical (unpaired) electrons. The maximum Gasteiger partial charge on any atom is 0.240 e. The van der Waals surface area contributed by atoms with Crippen LogP contribution in [0.2, 0.25) is 0 Å². The predicted octanol–water partition coefficient (Wildman–Crippen LogP) is 2.37. The van der Waals surface area contributed by atoms with E-state index in [-0.39, 0.29) is 11.3 Å². The number of nitrogens with one attached hydrogen (secondary N) is 1. The minimum absolute atomic E-state index is 0.00380. The van der Waals surface area contributed by atoms with E-state index < -0.39 is 22.7 Å². The smallest absolute Gasteiger partial charge is 0.240 e. The maximum atomic E-state index is 13.1. The van der Waals surface area contributed by atoms with E-state index >= 15 is 0 Å². The highest BCUT2D eigenvalue weighted by atomic mass is 32.2. The van der Waals surface area contributed by atoms with E-state index in [0.717, 1.165) is 24.2 Å². The van der Waals surface area contributed by atoms with E-state index in [0.29, 0.717) is 29.9 Å². The lowest BCUT2D eigenvalue weighted by Gasteiger charge is -2.55. The summed E-state index contributed by atoms with van der Waals surface area (Å²) in [7, 11) is -1.20. The molecule has 1 aromatic rings. The number of amides is 2. The fourth-order valence-corrected chi connectivity index (χ4v) is 7.05. The molecular weight excluding hydrogens is 360 g/mol. The van der Waals surface area contributed by atoms with Crippen molar-refractivity contribution in [3.63, 3.8) is 0 Å². The second kappa shape index (κ2) is 7.38. The van der Waals surface area contributed by atoms with Gasteiger partial charge in [-0.2, -0.15) is 0 Å². The summed E-state index contributed by atoms with van der Waals surface area (Å²) >= 11 is 0. The summed E-state index contributed by atoms with van der Waals surface area (Å²) in [6.07, 6.45) is 6.95. The van der Waals surface area contributed by atoms with Crippen molar-refractivity contribution >= 4 is 22.6 Å². The van der Waals surface area contributed by atoms with E-state index in [9.17, 15) is 13.8 Å². The average molecular weight is 389 g/mol. The van der Waals surface area contributed by atoms with E-state index in [1.165, 1.54) is 19.3 Å². The first kappa shape index (κ1) is 18.7. The number of hydrogen-bond donors (Lipinski definition) is 2. The molecule has 4 aliphatic carbocycles. The molecule has 4 aliphatic rings. The van der Waals surface area contributed by atoms with Gasteiger partial charge in [0.05, 0.1) is 10.8 Å². The third kappa shape index (κ3) is 3.82. The van der Waals surface area contributed by atoms with Gasteiger partial charge in [0.2, 0.25) is 11.8 Å². The molecular formula is C21H28N2O3S. The standard InChI is InChI=1S/C21H28N2O3S/c22-19(24)18(6-7-27(26)17-4-2-1-3-5-17)23-20(25)21-11-14-8-15(12-21)10-16(9-14)13-21/h1-5,14-16,18H,6-13H2,(H2,22,24)(H,23,25)/t14?,15?,16?,18-,21?,27-/m1/s1. The summed E-state index contributed by atoms with van der Waals surface area (Å²) in [6, 6.07) is 8.42. The van der Waals surface area contributed by atoms with Gasteiger partial charge in [-0.05, 0) is 74.8 Å². The van der Waals surface area contributed by atoms with Crippen LogP contribution < -0.4 is 11.1 Å². The van der Waals surface area contributed by atoms with Gasteiger partial charge in [-0.1, -0.05) is 18.2 Å². The number of primary amides is 1. The van der Waals surface area contributed by atoms with Crippen LogP contribution in [-0.2, 0) is 20.4 Å². The van der Waals surface area contributed by atoms with Gasteiger partial charge in [0.15, 0.2) is 0 Å². The third-order valence-electron chi connectivity index (χ3n) is 6.77. The van der Waals surface area contributed by atoms with Crippen LogP contribution >= 0.6 is 0 Å². The Morgan fingerprint density at radius 2 is 1.63 bits per heavy atom. The molecule has 2 atom stereocenters. The second-order valence-electron chi connectivity index (χ2n) is 8.78. The van der Waals surface area contributed by atoms with E-state index in [2.05, 4.69) is 5.32 Å². The van der Waals surface area contributed by atoms with E-state index in [1.807, 2.05) is 30.3 Å². The van der Waals surface area contributed by atoms with Crippen molar-refractivity contribution in [1.29, 1.82) is 0 Å². The Bertz CT molecular complexity index is 714. The van der Waals surface area contributed by atoms with Crippen molar-refractivity contribution in [2.45, 2.75) is 55.9 Å². The zero-order valence-electron chi connectivity index (χ0n) is 15.6. The molecule has 27 heavy (non-hydrogen) atoms. The van der Waals surface area contributed by atoms with Crippen molar-refractivity contribution in [2.24, 2.45) is 28.9 Å². The van der Waals surface area contributed by atoms with Gasteiger partial charge in [0.25, 0.3) is 0 Å². The molecule has 0 spiro atoms. The van der Waals surface area contributed by atoms with Crippen LogP contribution in [0.1, 0.15) is 44.9 Å². The van der Waals surface area contributed by atoms with Crippen LogP contribution in [0.3, 0.4) is 0 Å². The van der Waals surface area contributed by atoms with Crippen LogP contribution in [0.25, 0.3) is 0 Å². The summed E-state index contributed by atoms with van der Waals surface area (Å²) in [6.45, 7) is 0. The normalized spacial score (nSPS) is 33.4. The molecule has 4 saturated carbocycles. The van der Waals surface area contributed by atoms with E-state index in [1.54, 1.807) is 0 Å². The minimum Gasteiger partial charge on any atom is -0.368 e. The summed E-state index contributed by atoms with van der Waals surface area (Å²) in [5, 5.41) is 2.93. The average Bonchev–Trinajstić information content (AvgIpc) is 2.64. The highest BCUT2D eigenvalue weighted by Crippen LogP contribution is 2.60. The maximum absolute atomic E-state index is 13.1. The van der Waals surface area contributed by atoms with Crippen molar-refractivity contribution in [1.82, 2.24) is 5.32 Å². The number of carbonyl (C=O) groups is 2. The SMILES string of the molecule is NC(=O)[C@@H](CC[S@@](=O)c1ccccc1)NC(=O)C12CC3CC(CC(C3)C1)C2. The van der Waals surface area contributed by atoms with Gasteiger partial charge >= 0.3 is 0 Å². The molecule has 0 heterocycles. The molecule has 4 bridgehead atoms. The molecule has 2 amide bonds. The Kier molecular flexibility index (Phi) is 5.10. The van der Waals surface area contributed by atoms with Crippen LogP contribution in [0.4, 0.5) is 0 Å². The van der Waals surface area contributed by atoms with Crippen molar-refractivity contribution in [2.75, 3.05) is 5.75 Å². The van der Waals surface area contributed by atoms with Gasteiger partial charge in [-0.3, -0.25) is 13.8 Å². The zero-order valence-corrected chi connectivity index (χ0v) is 16.4. The van der Waals surface area contributed by atoms with Gasteiger partial charge in [-0.25, -0.2) is 0 Å². The fraction of sp³-hybridized carbons (Fsp3) is 0.619. The Morgan fingerprint density at radius 1 is 1.07 bits per heavy atom. The van der Waals surface area contributed by atoms with Gasteiger partial charge in [0.1, 0.15) is 6.04 Å². The first-order valence-electron chi connectivity index (χ1n) is 9.99. The first-order chi connectivity index (χ1) is 12.9. The van der Waals surface area contributed by atoms with Crippen LogP contribution in [0.5, 0.6) is 0 Å². The third-order valence-corrected chi connectivity index (χ3v) is 8.17. The minimum atomic E-state index is -1.20. The number of nitrogens with two attached hydrogens (primary N) is 1. The molecule has 146 valence electrons. The molecule has 0 saturated heterocycles. The zero-order chi connectivity index (χ0) is 19.0. The van der Waals surface area contributed by atoms with Gasteiger partial charge < -0.3 is 11.1 Å². The number of rotatable bonds is 7. The molecule has 0 aliphatic heterocycles. The summed E-state index contributed by atoms with van der Waals surface area (Å²) in [5.74, 6) is 1.76. The topological polar surface area (TPSA) is 89.3 Å². The Hall–Kier alpha value is -1.69. The van der Waals surface area contributed by atoms with Crippen molar-refractivity contribution in [3.05, 3.63) is 30.3 Å². The van der Waals surface area contributed by atoms with Crippen LogP contribution in [0, 0.1) is 23.2 Å². The molecule has 5 rings (SSSR count). The predicted molar refractivity (Wildman–Crippen MR) is 104 cm³/mol. The summed E-state index contributed by atoms with van der Waals surface area (Å²) in [5.41, 5.74) is 5.24. The summed E-state index contributed by atoms with van der Waals surface area (Å²) in [4.78, 5) is 25.8. The van der Waals surface area contributed by atoms with Crippen LogP contribution in [-0.4, -0.2) is 27.8 Å². The number of benzene rings is 1. The number of hydrogen-bond acceptors (Lipinski definition) is 3. The quantitative estimate of drug-likeness (QED) is 0.751. The Balaban J connectivity index is 1.39. The Morgan fingerprint density at radius 3 is 2.15 bits per heavy atom. The molecule has 3 N–H and O–H groups in total. The molecule has 0 aromatic heterocycles. The Labute approximate surface area is 162 Å². The largest absolute Gasteiger partial charge is 0.368 e. The highest BCUT2D eigenvalue weighted by Gasteiger charge is 2.54. The van der Waals surface area contributed by atoms with Crippen molar-refractivity contribution in [3.8, 4) is 0 Å². The molecule has 1 aromatic carbocycles. The molecule has 6 heteroatoms. The first-order valence-corrected chi connectivity index (χ1v) is 11.3. The monoisotopic (exact) mass is 388 g/mol. The molecule has 5 nitrogen and oxygen atoms in total. The van der Waals surface area contributed by atoms with Crippen LogP contribution in [0.15, 0.2) is 35.2 Å². The lowest BCUT2D eigenvalue weighted by Crippen LogP contribution is -2.57. The number of carbonyl (C=O) groups excluding carboxylic acids is 2. The second-order valence-corrected chi connectivity index (χ2v) is 10.3. The van der Waals surface area contributed by atoms with Crippen molar-refractivity contribution < 1.29 is 13.8 Å². The molecule has 0 unspecified atom stereocenters. The molecule has 4 fully saturated rings. The summed E-state index contributed by atoms with van der Waals surface area (Å²) < 4.78 is 12.4. The lowest BCUT2D eigenvalue weighted by molar-refractivity contribution is -0.148. The van der Waals surface area contributed by atoms with Gasteiger partial charge in [0, 0.05) is 16.1 Å². The highest BCUT2D eigenvalue weighted by molar-refractivity contribution is 7.85. The van der Waals surface area contributed by atoms with Gasteiger partial charge in [-0.15, -0.1) is 0 Å². The fourth-order valence-electron chi connectivity index (χ4n) is 5.90. The van der Waals surface area contributed by atoms with E-state index in [4.69, 9.17) is 5.73 Å².